The largest absolute Gasteiger partial charge is 0.502 e. The molecule has 1 atom stereocenters. The van der Waals surface area contributed by atoms with E-state index in [4.69, 9.17) is 5.73 Å². The smallest absolute Gasteiger partial charge is 0.310 e. The number of nitrogens with two attached hydrogens (primary N) is 1. The van der Waals surface area contributed by atoms with Crippen molar-refractivity contribution in [3.8, 4) is 0 Å². The second kappa shape index (κ2) is 3.26. The fourth-order valence-corrected chi connectivity index (χ4v) is 1.27. The van der Waals surface area contributed by atoms with Gasteiger partial charge in [0.1, 0.15) is 0 Å². The second-order valence-corrected chi connectivity index (χ2v) is 3.52. The third-order valence-electron chi connectivity index (χ3n) is 1.94. The molecule has 76 valence electrons. The van der Waals surface area contributed by atoms with Gasteiger partial charge in [-0.2, -0.15) is 0 Å². The summed E-state index contributed by atoms with van der Waals surface area (Å²) in [5.74, 6) is -0.333. The Morgan fingerprint density at radius 1 is 1.64 bits per heavy atom. The van der Waals surface area contributed by atoms with Crippen LogP contribution < -0.4 is 5.73 Å². The van der Waals surface area contributed by atoms with Crippen LogP contribution in [-0.4, -0.2) is 15.6 Å². The molecule has 0 bridgehead atoms. The number of rotatable bonds is 1. The van der Waals surface area contributed by atoms with E-state index in [0.717, 1.165) is 0 Å². The van der Waals surface area contributed by atoms with Crippen LogP contribution >= 0.6 is 0 Å². The summed E-state index contributed by atoms with van der Waals surface area (Å²) >= 11 is 0. The fraction of sp³-hybridized carbons (Fsp3) is 0.333. The number of allylic oxidation sites excluding steroid dienone is 2. The predicted molar refractivity (Wildman–Crippen MR) is 52.1 cm³/mol. The number of hydrogen-bond acceptors (Lipinski definition) is 4. The van der Waals surface area contributed by atoms with Crippen molar-refractivity contribution >= 4 is 0 Å². The van der Waals surface area contributed by atoms with E-state index in [1.165, 1.54) is 12.2 Å². The summed E-state index contributed by atoms with van der Waals surface area (Å²) in [7, 11) is 0. The molecule has 0 spiro atoms. The van der Waals surface area contributed by atoms with E-state index >= 15 is 0 Å². The Balaban J connectivity index is 3.28. The zero-order chi connectivity index (χ0) is 10.9. The van der Waals surface area contributed by atoms with Crippen molar-refractivity contribution in [3.05, 3.63) is 45.4 Å². The first kappa shape index (κ1) is 10.5. The van der Waals surface area contributed by atoms with Crippen LogP contribution in [0.4, 0.5) is 0 Å². The van der Waals surface area contributed by atoms with Crippen LogP contribution in [0.25, 0.3) is 0 Å². The van der Waals surface area contributed by atoms with Crippen molar-refractivity contribution in [1.82, 2.24) is 0 Å². The molecular weight excluding hydrogens is 184 g/mol. The van der Waals surface area contributed by atoms with Gasteiger partial charge in [0, 0.05) is 6.08 Å². The SMILES string of the molecule is CC1=CC(C)(N)C=CC([N+](=O)[O-])=C1O. The molecule has 0 amide bonds. The first-order chi connectivity index (χ1) is 6.33. The topological polar surface area (TPSA) is 89.4 Å². The maximum atomic E-state index is 10.5. The molecular formula is C9H12N2O3. The van der Waals surface area contributed by atoms with Crippen molar-refractivity contribution in [1.29, 1.82) is 0 Å². The monoisotopic (exact) mass is 196 g/mol. The highest BCUT2D eigenvalue weighted by molar-refractivity contribution is 5.38. The summed E-state index contributed by atoms with van der Waals surface area (Å²) in [4.78, 5) is 9.91. The first-order valence-corrected chi connectivity index (χ1v) is 4.09. The minimum absolute atomic E-state index is 0.326. The molecule has 0 radical (unpaired) electrons. The van der Waals surface area contributed by atoms with E-state index in [0.29, 0.717) is 5.57 Å². The Hall–Kier alpha value is -1.62. The van der Waals surface area contributed by atoms with Crippen molar-refractivity contribution in [2.75, 3.05) is 0 Å². The van der Waals surface area contributed by atoms with Gasteiger partial charge in [0.15, 0.2) is 5.76 Å². The van der Waals surface area contributed by atoms with Crippen LogP contribution in [0.1, 0.15) is 13.8 Å². The van der Waals surface area contributed by atoms with Crippen molar-refractivity contribution < 1.29 is 10.0 Å². The standard InChI is InChI=1S/C9H12N2O3/c1-6-5-9(2,10)4-3-7(8(6)12)11(13)14/h3-5,12H,10H2,1-2H3. The van der Waals surface area contributed by atoms with E-state index in [9.17, 15) is 15.2 Å². The second-order valence-electron chi connectivity index (χ2n) is 3.52. The van der Waals surface area contributed by atoms with Crippen LogP contribution in [0.3, 0.4) is 0 Å². The van der Waals surface area contributed by atoms with E-state index in [2.05, 4.69) is 0 Å². The van der Waals surface area contributed by atoms with Gasteiger partial charge in [-0.05, 0) is 19.4 Å². The first-order valence-electron chi connectivity index (χ1n) is 4.09. The van der Waals surface area contributed by atoms with E-state index in [1.807, 2.05) is 0 Å². The third kappa shape index (κ3) is 2.00. The molecule has 0 heterocycles. The lowest BCUT2D eigenvalue weighted by Gasteiger charge is -2.13. The van der Waals surface area contributed by atoms with Gasteiger partial charge in [-0.3, -0.25) is 10.1 Å². The van der Waals surface area contributed by atoms with Gasteiger partial charge >= 0.3 is 5.70 Å². The van der Waals surface area contributed by atoms with E-state index < -0.39 is 10.5 Å². The molecule has 5 nitrogen and oxygen atoms in total. The molecule has 3 N–H and O–H groups in total. The van der Waals surface area contributed by atoms with Crippen LogP contribution in [0, 0.1) is 10.1 Å². The molecule has 1 unspecified atom stereocenters. The molecule has 0 fully saturated rings. The van der Waals surface area contributed by atoms with Gasteiger partial charge in [-0.1, -0.05) is 12.2 Å². The lowest BCUT2D eigenvalue weighted by molar-refractivity contribution is -0.421. The zero-order valence-corrected chi connectivity index (χ0v) is 8.02. The molecule has 1 rings (SSSR count). The summed E-state index contributed by atoms with van der Waals surface area (Å²) in [5, 5.41) is 20.0. The van der Waals surface area contributed by atoms with Crippen LogP contribution in [0.5, 0.6) is 0 Å². The molecule has 0 saturated carbocycles. The maximum Gasteiger partial charge on any atom is 0.310 e. The molecule has 0 aliphatic heterocycles. The van der Waals surface area contributed by atoms with Gasteiger partial charge in [0.2, 0.25) is 0 Å². The summed E-state index contributed by atoms with van der Waals surface area (Å²) in [6, 6.07) is 0. The summed E-state index contributed by atoms with van der Waals surface area (Å²) in [5.41, 5.74) is 5.08. The lowest BCUT2D eigenvalue weighted by atomic mass is 10.0. The predicted octanol–water partition coefficient (Wildman–Crippen LogP) is 1.27. The van der Waals surface area contributed by atoms with Gasteiger partial charge < -0.3 is 10.8 Å². The molecule has 1 aliphatic carbocycles. The fourth-order valence-electron chi connectivity index (χ4n) is 1.27. The molecule has 14 heavy (non-hydrogen) atoms. The molecule has 0 aromatic heterocycles. The van der Waals surface area contributed by atoms with Gasteiger partial charge in [0.05, 0.1) is 10.5 Å². The minimum atomic E-state index is -0.768. The Morgan fingerprint density at radius 3 is 2.71 bits per heavy atom. The number of aliphatic hydroxyl groups is 1. The Labute approximate surface area is 81.4 Å². The van der Waals surface area contributed by atoms with Gasteiger partial charge in [-0.15, -0.1) is 0 Å². The molecule has 0 saturated heterocycles. The number of nitro groups is 1. The third-order valence-corrected chi connectivity index (χ3v) is 1.94. The number of hydrogen-bond donors (Lipinski definition) is 2. The van der Waals surface area contributed by atoms with Crippen LogP contribution in [-0.2, 0) is 0 Å². The van der Waals surface area contributed by atoms with Crippen molar-refractivity contribution in [2.24, 2.45) is 5.73 Å². The summed E-state index contributed by atoms with van der Waals surface area (Å²) in [6.45, 7) is 3.28. The van der Waals surface area contributed by atoms with Gasteiger partial charge in [0.25, 0.3) is 0 Å². The Bertz CT molecular complexity index is 364. The number of aliphatic hydroxyl groups excluding tert-OH is 1. The normalized spacial score (nSPS) is 27.2. The maximum absolute atomic E-state index is 10.5. The van der Waals surface area contributed by atoms with Crippen LogP contribution in [0.15, 0.2) is 35.3 Å². The van der Waals surface area contributed by atoms with E-state index in [1.54, 1.807) is 19.9 Å². The average molecular weight is 196 g/mol. The molecule has 1 aliphatic rings. The quantitative estimate of drug-likeness (QED) is 0.488. The molecule has 0 aromatic carbocycles. The van der Waals surface area contributed by atoms with Gasteiger partial charge in [-0.25, -0.2) is 0 Å². The highest BCUT2D eigenvalue weighted by Crippen LogP contribution is 2.21. The Kier molecular flexibility index (Phi) is 2.44. The van der Waals surface area contributed by atoms with Crippen molar-refractivity contribution in [2.45, 2.75) is 19.4 Å². The summed E-state index contributed by atoms with van der Waals surface area (Å²) in [6.07, 6.45) is 4.29. The zero-order valence-electron chi connectivity index (χ0n) is 8.02. The van der Waals surface area contributed by atoms with Crippen molar-refractivity contribution in [3.63, 3.8) is 0 Å². The molecule has 5 heteroatoms. The highest BCUT2D eigenvalue weighted by atomic mass is 16.6. The highest BCUT2D eigenvalue weighted by Gasteiger charge is 2.23. The van der Waals surface area contributed by atoms with Crippen LogP contribution in [0.2, 0.25) is 0 Å². The number of nitrogens with zero attached hydrogens (tertiary/aromatic N) is 1. The average Bonchev–Trinajstić information content (AvgIpc) is 2.10. The Morgan fingerprint density at radius 2 is 2.21 bits per heavy atom. The minimum Gasteiger partial charge on any atom is -0.502 e. The van der Waals surface area contributed by atoms with E-state index in [-0.39, 0.29) is 11.5 Å². The molecule has 0 aromatic rings. The lowest BCUT2D eigenvalue weighted by Crippen LogP contribution is -2.30. The summed E-state index contributed by atoms with van der Waals surface area (Å²) < 4.78 is 0.